The van der Waals surface area contributed by atoms with Gasteiger partial charge in [-0.15, -0.1) is 0 Å². The molecule has 4 rings (SSSR count). The Morgan fingerprint density at radius 2 is 1.88 bits per heavy atom. The van der Waals surface area contributed by atoms with Crippen molar-refractivity contribution in [2.24, 2.45) is 5.14 Å². The standard InChI is InChI=1S/C20H21FN6O4S2/c1-11-3-4-12(9-17(11)33(22,30)31)25-20-24-10-14(21)19(27-20)26-16-6-5-15-13(7-8-23-15)18(16)32(2,28)29/h3-6,9-10,23H,7-8H2,1-2H3,(H2,22,30,31)(H2,24,25,26,27). The molecular weight excluding hydrogens is 471 g/mol. The number of benzene rings is 2. The largest absolute Gasteiger partial charge is 0.384 e. The number of aryl methyl sites for hydroxylation is 1. The summed E-state index contributed by atoms with van der Waals surface area (Å²) in [6.07, 6.45) is 2.53. The molecule has 0 saturated heterocycles. The number of nitrogens with one attached hydrogen (secondary N) is 3. The maximum Gasteiger partial charge on any atom is 0.238 e. The zero-order valence-corrected chi connectivity index (χ0v) is 19.3. The molecule has 2 heterocycles. The molecule has 0 bridgehead atoms. The lowest BCUT2D eigenvalue weighted by atomic mass is 10.1. The number of aromatic nitrogens is 2. The van der Waals surface area contributed by atoms with Gasteiger partial charge >= 0.3 is 0 Å². The second-order valence-corrected chi connectivity index (χ2v) is 11.1. The van der Waals surface area contributed by atoms with Crippen LogP contribution >= 0.6 is 0 Å². The molecule has 1 aliphatic rings. The first-order valence-electron chi connectivity index (χ1n) is 9.73. The number of nitrogens with two attached hydrogens (primary N) is 1. The average Bonchev–Trinajstić information content (AvgIpc) is 3.18. The van der Waals surface area contributed by atoms with Gasteiger partial charge in [0, 0.05) is 24.2 Å². The Morgan fingerprint density at radius 3 is 2.58 bits per heavy atom. The highest BCUT2D eigenvalue weighted by Crippen LogP contribution is 2.36. The molecule has 1 aliphatic heterocycles. The summed E-state index contributed by atoms with van der Waals surface area (Å²) in [5.41, 5.74) is 2.32. The first-order valence-corrected chi connectivity index (χ1v) is 13.2. The molecule has 0 fully saturated rings. The minimum absolute atomic E-state index is 0.0353. The number of hydrogen-bond acceptors (Lipinski definition) is 9. The van der Waals surface area contributed by atoms with E-state index in [1.165, 1.54) is 6.07 Å². The van der Waals surface area contributed by atoms with E-state index in [0.29, 0.717) is 29.8 Å². The number of hydrogen-bond donors (Lipinski definition) is 4. The topological polar surface area (TPSA) is 156 Å². The monoisotopic (exact) mass is 492 g/mol. The van der Waals surface area contributed by atoms with Gasteiger partial charge in [0.05, 0.1) is 21.7 Å². The number of anilines is 5. The minimum Gasteiger partial charge on any atom is -0.384 e. The van der Waals surface area contributed by atoms with Crippen LogP contribution in [0.5, 0.6) is 0 Å². The van der Waals surface area contributed by atoms with Crippen molar-refractivity contribution in [1.82, 2.24) is 9.97 Å². The van der Waals surface area contributed by atoms with E-state index in [1.54, 1.807) is 31.2 Å². The molecule has 0 spiro atoms. The third-order valence-electron chi connectivity index (χ3n) is 5.07. The van der Waals surface area contributed by atoms with Crippen LogP contribution in [0.4, 0.5) is 33.2 Å². The van der Waals surface area contributed by atoms with E-state index in [-0.39, 0.29) is 27.2 Å². The number of rotatable bonds is 6. The smallest absolute Gasteiger partial charge is 0.238 e. The van der Waals surface area contributed by atoms with Gasteiger partial charge in [-0.25, -0.2) is 31.3 Å². The van der Waals surface area contributed by atoms with Crippen LogP contribution in [0.2, 0.25) is 0 Å². The predicted molar refractivity (Wildman–Crippen MR) is 123 cm³/mol. The van der Waals surface area contributed by atoms with Gasteiger partial charge in [0.25, 0.3) is 0 Å². The molecule has 0 radical (unpaired) electrons. The third kappa shape index (κ3) is 4.74. The number of sulfone groups is 1. The second-order valence-electron chi connectivity index (χ2n) is 7.58. The van der Waals surface area contributed by atoms with Gasteiger partial charge in [-0.3, -0.25) is 0 Å². The Hall–Kier alpha value is -3.29. The number of sulfonamides is 1. The van der Waals surface area contributed by atoms with Crippen molar-refractivity contribution >= 4 is 48.7 Å². The lowest BCUT2D eigenvalue weighted by Crippen LogP contribution is -2.14. The summed E-state index contributed by atoms with van der Waals surface area (Å²) < 4.78 is 63.0. The van der Waals surface area contributed by atoms with E-state index < -0.39 is 25.7 Å². The van der Waals surface area contributed by atoms with Gasteiger partial charge in [-0.1, -0.05) is 6.07 Å². The molecule has 0 amide bonds. The molecule has 33 heavy (non-hydrogen) atoms. The second kappa shape index (κ2) is 8.24. The van der Waals surface area contributed by atoms with E-state index in [1.807, 2.05) is 0 Å². The Morgan fingerprint density at radius 1 is 1.12 bits per heavy atom. The Labute approximate surface area is 190 Å². The van der Waals surface area contributed by atoms with Crippen LogP contribution in [0.1, 0.15) is 11.1 Å². The molecule has 5 N–H and O–H groups in total. The summed E-state index contributed by atoms with van der Waals surface area (Å²) in [6, 6.07) is 7.74. The molecule has 0 saturated carbocycles. The normalized spacial score (nSPS) is 13.3. The van der Waals surface area contributed by atoms with Gasteiger partial charge in [0.2, 0.25) is 16.0 Å². The van der Waals surface area contributed by atoms with Crippen molar-refractivity contribution in [2.45, 2.75) is 23.1 Å². The van der Waals surface area contributed by atoms with Gasteiger partial charge in [0.1, 0.15) is 0 Å². The summed E-state index contributed by atoms with van der Waals surface area (Å²) in [5.74, 6) is -1.08. The van der Waals surface area contributed by atoms with Crippen molar-refractivity contribution in [3.05, 3.63) is 53.5 Å². The zero-order chi connectivity index (χ0) is 24.0. The molecule has 10 nitrogen and oxygen atoms in total. The van der Waals surface area contributed by atoms with Crippen LogP contribution in [0.25, 0.3) is 0 Å². The molecule has 0 atom stereocenters. The molecule has 13 heteroatoms. The molecule has 3 aromatic rings. The predicted octanol–water partition coefficient (Wildman–Crippen LogP) is 2.43. The summed E-state index contributed by atoms with van der Waals surface area (Å²) in [7, 11) is -7.57. The highest BCUT2D eigenvalue weighted by atomic mass is 32.2. The maximum absolute atomic E-state index is 14.5. The number of primary sulfonamides is 1. The van der Waals surface area contributed by atoms with Gasteiger partial charge in [-0.05, 0) is 48.7 Å². The van der Waals surface area contributed by atoms with E-state index in [9.17, 15) is 21.2 Å². The molecule has 1 aromatic heterocycles. The lowest BCUT2D eigenvalue weighted by Gasteiger charge is -2.15. The highest BCUT2D eigenvalue weighted by Gasteiger charge is 2.25. The van der Waals surface area contributed by atoms with Crippen molar-refractivity contribution in [3.63, 3.8) is 0 Å². The van der Waals surface area contributed by atoms with Gasteiger partial charge in [0.15, 0.2) is 21.5 Å². The van der Waals surface area contributed by atoms with Crippen molar-refractivity contribution in [3.8, 4) is 0 Å². The van der Waals surface area contributed by atoms with Gasteiger partial charge in [-0.2, -0.15) is 4.98 Å². The molecular formula is C20H21FN6O4S2. The first kappa shape index (κ1) is 22.9. The fraction of sp³-hybridized carbons (Fsp3) is 0.200. The van der Waals surface area contributed by atoms with E-state index in [4.69, 9.17) is 5.14 Å². The van der Waals surface area contributed by atoms with Crippen LogP contribution in [0.15, 0.2) is 46.3 Å². The Balaban J connectivity index is 1.69. The van der Waals surface area contributed by atoms with E-state index >= 15 is 0 Å². The van der Waals surface area contributed by atoms with Crippen LogP contribution in [-0.2, 0) is 26.3 Å². The lowest BCUT2D eigenvalue weighted by molar-refractivity contribution is 0.596. The quantitative estimate of drug-likeness (QED) is 0.406. The first-order chi connectivity index (χ1) is 15.4. The zero-order valence-electron chi connectivity index (χ0n) is 17.7. The Bertz CT molecular complexity index is 1480. The SMILES string of the molecule is Cc1ccc(Nc2ncc(F)c(Nc3ccc4c(c3S(C)(=O)=O)CCN4)n2)cc1S(N)(=O)=O. The molecule has 2 aromatic carbocycles. The minimum atomic E-state index is -3.94. The Kier molecular flexibility index (Phi) is 5.72. The van der Waals surface area contributed by atoms with E-state index in [0.717, 1.165) is 18.1 Å². The third-order valence-corrected chi connectivity index (χ3v) is 7.33. The summed E-state index contributed by atoms with van der Waals surface area (Å²) in [4.78, 5) is 7.97. The van der Waals surface area contributed by atoms with Crippen molar-refractivity contribution in [1.29, 1.82) is 0 Å². The van der Waals surface area contributed by atoms with Crippen molar-refractivity contribution < 1.29 is 21.2 Å². The number of halogens is 1. The number of nitrogens with zero attached hydrogens (tertiary/aromatic N) is 2. The summed E-state index contributed by atoms with van der Waals surface area (Å²) in [5, 5.41) is 13.9. The molecule has 0 aliphatic carbocycles. The fourth-order valence-electron chi connectivity index (χ4n) is 3.64. The number of fused-ring (bicyclic) bond motifs is 1. The molecule has 0 unspecified atom stereocenters. The summed E-state index contributed by atoms with van der Waals surface area (Å²) in [6.45, 7) is 2.21. The van der Waals surface area contributed by atoms with E-state index in [2.05, 4.69) is 25.9 Å². The summed E-state index contributed by atoms with van der Waals surface area (Å²) >= 11 is 0. The van der Waals surface area contributed by atoms with Gasteiger partial charge < -0.3 is 16.0 Å². The average molecular weight is 493 g/mol. The van der Waals surface area contributed by atoms with Crippen LogP contribution in [-0.4, -0.2) is 39.6 Å². The fourth-order valence-corrected chi connectivity index (χ4v) is 5.63. The van der Waals surface area contributed by atoms with Crippen molar-refractivity contribution in [2.75, 3.05) is 28.8 Å². The molecule has 174 valence electrons. The van der Waals surface area contributed by atoms with Crippen LogP contribution in [0.3, 0.4) is 0 Å². The van der Waals surface area contributed by atoms with Crippen LogP contribution < -0.4 is 21.1 Å². The highest BCUT2D eigenvalue weighted by molar-refractivity contribution is 7.91. The van der Waals surface area contributed by atoms with Crippen LogP contribution in [0, 0.1) is 12.7 Å². The maximum atomic E-state index is 14.5.